The van der Waals surface area contributed by atoms with Crippen molar-refractivity contribution in [1.29, 1.82) is 0 Å². The van der Waals surface area contributed by atoms with Gasteiger partial charge in [-0.3, -0.25) is 14.9 Å². The zero-order valence-corrected chi connectivity index (χ0v) is 12.0. The highest BCUT2D eigenvalue weighted by Crippen LogP contribution is 2.26. The predicted octanol–water partition coefficient (Wildman–Crippen LogP) is 2.58. The third-order valence-corrected chi connectivity index (χ3v) is 3.32. The summed E-state index contributed by atoms with van der Waals surface area (Å²) in [5.41, 5.74) is -1.08. The fraction of sp³-hybridized carbons (Fsp3) is 0.500. The first-order chi connectivity index (χ1) is 9.15. The molecular weight excluding hydrogens is 262 g/mol. The van der Waals surface area contributed by atoms with Gasteiger partial charge in [-0.25, -0.2) is 0 Å². The Kier molecular flexibility index (Phi) is 4.83. The molecule has 0 saturated heterocycles. The Balaban J connectivity index is 3.01. The van der Waals surface area contributed by atoms with E-state index in [1.54, 1.807) is 6.92 Å². The van der Waals surface area contributed by atoms with Crippen molar-refractivity contribution in [1.82, 2.24) is 0 Å². The van der Waals surface area contributed by atoms with E-state index >= 15 is 0 Å². The van der Waals surface area contributed by atoms with Gasteiger partial charge in [-0.2, -0.15) is 0 Å². The van der Waals surface area contributed by atoms with Crippen LogP contribution in [0.4, 0.5) is 5.69 Å². The van der Waals surface area contributed by atoms with Crippen LogP contribution in [-0.2, 0) is 0 Å². The summed E-state index contributed by atoms with van der Waals surface area (Å²) in [5, 5.41) is 20.8. The van der Waals surface area contributed by atoms with Crippen molar-refractivity contribution in [3.63, 3.8) is 0 Å². The molecule has 6 heteroatoms. The van der Waals surface area contributed by atoms with Gasteiger partial charge in [0.05, 0.1) is 16.1 Å². The van der Waals surface area contributed by atoms with Gasteiger partial charge in [0.2, 0.25) is 0 Å². The van der Waals surface area contributed by atoms with Crippen LogP contribution in [0, 0.1) is 16.0 Å². The molecule has 0 radical (unpaired) electrons. The molecule has 0 aliphatic heterocycles. The van der Waals surface area contributed by atoms with Crippen LogP contribution in [-0.4, -0.2) is 28.0 Å². The summed E-state index contributed by atoms with van der Waals surface area (Å²) in [7, 11) is 0. The van der Waals surface area contributed by atoms with E-state index < -0.39 is 10.5 Å². The number of carbonyl (C=O) groups excluding carboxylic acids is 1. The molecule has 0 aliphatic carbocycles. The lowest BCUT2D eigenvalue weighted by Gasteiger charge is -2.27. The Morgan fingerprint density at radius 3 is 2.55 bits per heavy atom. The molecule has 0 aliphatic rings. The second-order valence-corrected chi connectivity index (χ2v) is 5.29. The minimum atomic E-state index is -1.05. The number of ketones is 1. The number of rotatable bonds is 6. The van der Waals surface area contributed by atoms with Crippen LogP contribution in [0.15, 0.2) is 18.2 Å². The molecule has 0 aromatic heterocycles. The molecule has 1 unspecified atom stereocenters. The van der Waals surface area contributed by atoms with Crippen molar-refractivity contribution in [2.75, 3.05) is 6.61 Å². The molecule has 1 aromatic rings. The number of ether oxygens (including phenoxy) is 1. The highest BCUT2D eigenvalue weighted by molar-refractivity contribution is 5.97. The van der Waals surface area contributed by atoms with E-state index in [0.29, 0.717) is 0 Å². The lowest BCUT2D eigenvalue weighted by atomic mass is 9.94. The van der Waals surface area contributed by atoms with Gasteiger partial charge in [-0.15, -0.1) is 0 Å². The van der Waals surface area contributed by atoms with Crippen molar-refractivity contribution < 1.29 is 19.6 Å². The predicted molar refractivity (Wildman–Crippen MR) is 74.1 cm³/mol. The van der Waals surface area contributed by atoms with Crippen molar-refractivity contribution in [2.45, 2.75) is 33.3 Å². The van der Waals surface area contributed by atoms with Crippen LogP contribution in [0.3, 0.4) is 0 Å². The summed E-state index contributed by atoms with van der Waals surface area (Å²) in [6.45, 7) is 6.65. The minimum Gasteiger partial charge on any atom is -0.490 e. The van der Waals surface area contributed by atoms with E-state index in [1.807, 2.05) is 13.8 Å². The van der Waals surface area contributed by atoms with Crippen LogP contribution in [0.1, 0.15) is 38.1 Å². The maximum Gasteiger partial charge on any atom is 0.270 e. The molecule has 1 N–H and O–H groups in total. The lowest BCUT2D eigenvalue weighted by Crippen LogP contribution is -2.38. The van der Waals surface area contributed by atoms with E-state index in [1.165, 1.54) is 25.1 Å². The van der Waals surface area contributed by atoms with Gasteiger partial charge in [0, 0.05) is 12.1 Å². The van der Waals surface area contributed by atoms with Crippen molar-refractivity contribution in [3.05, 3.63) is 33.9 Å². The molecule has 0 saturated carbocycles. The van der Waals surface area contributed by atoms with Gasteiger partial charge < -0.3 is 9.84 Å². The van der Waals surface area contributed by atoms with Gasteiger partial charge in [0.15, 0.2) is 5.78 Å². The second-order valence-electron chi connectivity index (χ2n) is 5.29. The summed E-state index contributed by atoms with van der Waals surface area (Å²) in [6, 6.07) is 3.83. The largest absolute Gasteiger partial charge is 0.490 e. The third kappa shape index (κ3) is 3.77. The summed E-state index contributed by atoms with van der Waals surface area (Å²) < 4.78 is 5.47. The van der Waals surface area contributed by atoms with E-state index in [4.69, 9.17) is 4.74 Å². The first-order valence-electron chi connectivity index (χ1n) is 6.29. The molecule has 0 bridgehead atoms. The van der Waals surface area contributed by atoms with E-state index in [2.05, 4.69) is 0 Å². The Bertz CT molecular complexity index is 522. The number of aliphatic hydroxyl groups is 1. The molecule has 0 spiro atoms. The van der Waals surface area contributed by atoms with Crippen LogP contribution in [0.25, 0.3) is 0 Å². The minimum absolute atomic E-state index is 0.00274. The molecule has 0 fully saturated rings. The Labute approximate surface area is 117 Å². The molecule has 6 nitrogen and oxygen atoms in total. The van der Waals surface area contributed by atoms with Crippen molar-refractivity contribution in [2.24, 2.45) is 5.92 Å². The average molecular weight is 281 g/mol. The first kappa shape index (κ1) is 16.1. The van der Waals surface area contributed by atoms with E-state index in [-0.39, 0.29) is 35.3 Å². The van der Waals surface area contributed by atoms with Gasteiger partial charge in [-0.05, 0) is 25.8 Å². The Hall–Kier alpha value is -1.95. The van der Waals surface area contributed by atoms with Crippen LogP contribution in [0.5, 0.6) is 5.75 Å². The number of Topliss-reactive ketones (excluding diaryl/α,β-unsaturated/α-hetero) is 1. The second kappa shape index (κ2) is 6.00. The third-order valence-electron chi connectivity index (χ3n) is 3.32. The summed E-state index contributed by atoms with van der Waals surface area (Å²) >= 11 is 0. The number of carbonyl (C=O) groups is 1. The summed E-state index contributed by atoms with van der Waals surface area (Å²) in [4.78, 5) is 21.7. The molecule has 0 amide bonds. The van der Waals surface area contributed by atoms with Crippen LogP contribution in [0.2, 0.25) is 0 Å². The summed E-state index contributed by atoms with van der Waals surface area (Å²) in [6.07, 6.45) is 0. The van der Waals surface area contributed by atoms with Gasteiger partial charge in [0.1, 0.15) is 12.4 Å². The zero-order chi connectivity index (χ0) is 15.5. The van der Waals surface area contributed by atoms with Gasteiger partial charge in [-0.1, -0.05) is 13.8 Å². The van der Waals surface area contributed by atoms with Gasteiger partial charge >= 0.3 is 0 Å². The maximum absolute atomic E-state index is 11.5. The van der Waals surface area contributed by atoms with Crippen molar-refractivity contribution >= 4 is 11.5 Å². The number of benzene rings is 1. The van der Waals surface area contributed by atoms with Crippen LogP contribution < -0.4 is 4.74 Å². The smallest absolute Gasteiger partial charge is 0.270 e. The molecular formula is C14H19NO5. The van der Waals surface area contributed by atoms with E-state index in [9.17, 15) is 20.0 Å². The maximum atomic E-state index is 11.5. The Morgan fingerprint density at radius 1 is 1.50 bits per heavy atom. The fourth-order valence-corrected chi connectivity index (χ4v) is 1.42. The SMILES string of the molecule is CC(=O)c1cc([N+](=O)[O-])ccc1OCC(C)(O)C(C)C. The number of hydrogen-bond donors (Lipinski definition) is 1. The van der Waals surface area contributed by atoms with Crippen molar-refractivity contribution in [3.8, 4) is 5.75 Å². The molecule has 20 heavy (non-hydrogen) atoms. The number of nitrogens with zero attached hydrogens (tertiary/aromatic N) is 1. The normalized spacial score (nSPS) is 13.9. The first-order valence-corrected chi connectivity index (χ1v) is 6.29. The fourth-order valence-electron chi connectivity index (χ4n) is 1.42. The topological polar surface area (TPSA) is 89.7 Å². The zero-order valence-electron chi connectivity index (χ0n) is 12.0. The molecule has 1 atom stereocenters. The standard InChI is InChI=1S/C14H19NO5/c1-9(2)14(4,17)8-20-13-6-5-11(15(18)19)7-12(13)10(3)16/h5-7,9,17H,8H2,1-4H3. The highest BCUT2D eigenvalue weighted by atomic mass is 16.6. The number of non-ortho nitro benzene ring substituents is 1. The molecule has 110 valence electrons. The number of nitro benzene ring substituents is 1. The molecule has 0 heterocycles. The Morgan fingerprint density at radius 2 is 2.10 bits per heavy atom. The monoisotopic (exact) mass is 281 g/mol. The number of nitro groups is 1. The molecule has 1 aromatic carbocycles. The summed E-state index contributed by atoms with van der Waals surface area (Å²) in [5.74, 6) is -0.113. The van der Waals surface area contributed by atoms with E-state index in [0.717, 1.165) is 0 Å². The quantitative estimate of drug-likeness (QED) is 0.491. The van der Waals surface area contributed by atoms with Crippen LogP contribution >= 0.6 is 0 Å². The average Bonchev–Trinajstić information content (AvgIpc) is 2.35. The lowest BCUT2D eigenvalue weighted by molar-refractivity contribution is -0.384. The van der Waals surface area contributed by atoms with Gasteiger partial charge in [0.25, 0.3) is 5.69 Å². The highest BCUT2D eigenvalue weighted by Gasteiger charge is 2.26. The number of hydrogen-bond acceptors (Lipinski definition) is 5. The molecule has 1 rings (SSSR count).